The second kappa shape index (κ2) is 22.5. The highest BCUT2D eigenvalue weighted by molar-refractivity contribution is 8.68. The summed E-state index contributed by atoms with van der Waals surface area (Å²) in [6.45, 7) is 3.69. The highest BCUT2D eigenvalue weighted by Gasteiger charge is 1.73. The fourth-order valence-corrected chi connectivity index (χ4v) is 0.474. The molecule has 0 aliphatic heterocycles. The van der Waals surface area contributed by atoms with E-state index >= 15 is 0 Å². The molecule has 0 heterocycles. The molecule has 0 fully saturated rings. The van der Waals surface area contributed by atoms with E-state index in [1.54, 1.807) is 0 Å². The van der Waals surface area contributed by atoms with Crippen molar-refractivity contribution in [2.75, 3.05) is 12.3 Å². The van der Waals surface area contributed by atoms with Gasteiger partial charge in [0.1, 0.15) is 0 Å². The van der Waals surface area contributed by atoms with Gasteiger partial charge in [-0.15, -0.1) is 36.5 Å². The molecule has 0 saturated carbocycles. The molecule has 76 valence electrons. The molecular formula is C5H13Cl2NO2S2. The van der Waals surface area contributed by atoms with Crippen LogP contribution in [0.25, 0.3) is 0 Å². The summed E-state index contributed by atoms with van der Waals surface area (Å²) in [5.74, 6) is -0.0340. The summed E-state index contributed by atoms with van der Waals surface area (Å²) in [4.78, 5) is 9.25. The number of carboxylic acid groups (broad SMARTS) is 1. The van der Waals surface area contributed by atoms with Crippen molar-refractivity contribution in [1.82, 2.24) is 0 Å². The molecule has 0 aromatic heterocycles. The van der Waals surface area contributed by atoms with Gasteiger partial charge in [0.2, 0.25) is 0 Å². The molecule has 12 heavy (non-hydrogen) atoms. The van der Waals surface area contributed by atoms with Crippen LogP contribution < -0.4 is 5.73 Å². The molecule has 0 aromatic carbocycles. The SMILES string of the molecule is C=CC(=O)O.Cl.Cl.NCCSS. The van der Waals surface area contributed by atoms with Gasteiger partial charge in [-0.05, 0) is 0 Å². The van der Waals surface area contributed by atoms with Gasteiger partial charge in [-0.25, -0.2) is 4.79 Å². The van der Waals surface area contributed by atoms with Gasteiger partial charge < -0.3 is 10.8 Å². The first-order valence-corrected chi connectivity index (χ1v) is 4.54. The quantitative estimate of drug-likeness (QED) is 0.407. The van der Waals surface area contributed by atoms with Gasteiger partial charge in [-0.2, -0.15) is 0 Å². The number of rotatable bonds is 3. The maximum atomic E-state index is 9.25. The number of aliphatic carboxylic acids is 1. The Morgan fingerprint density at radius 1 is 1.67 bits per heavy atom. The topological polar surface area (TPSA) is 63.3 Å². The molecule has 3 nitrogen and oxygen atoms in total. The molecule has 0 saturated heterocycles. The third-order valence-electron chi connectivity index (χ3n) is 0.384. The monoisotopic (exact) mass is 253 g/mol. The molecule has 0 aliphatic carbocycles. The molecule has 0 aliphatic rings. The van der Waals surface area contributed by atoms with Crippen LogP contribution in [0.2, 0.25) is 0 Å². The van der Waals surface area contributed by atoms with Crippen LogP contribution in [0.1, 0.15) is 0 Å². The van der Waals surface area contributed by atoms with E-state index in [0.29, 0.717) is 0 Å². The summed E-state index contributed by atoms with van der Waals surface area (Å²) < 4.78 is 0. The van der Waals surface area contributed by atoms with Crippen molar-refractivity contribution in [3.05, 3.63) is 12.7 Å². The number of halogens is 2. The van der Waals surface area contributed by atoms with Crippen molar-refractivity contribution in [3.63, 3.8) is 0 Å². The molecule has 0 unspecified atom stereocenters. The average Bonchev–Trinajstić information content (AvgIpc) is 1.91. The average molecular weight is 254 g/mol. The van der Waals surface area contributed by atoms with Gasteiger partial charge in [0.25, 0.3) is 0 Å². The zero-order chi connectivity index (χ0) is 8.41. The van der Waals surface area contributed by atoms with Crippen LogP contribution in [-0.2, 0) is 4.79 Å². The first-order chi connectivity index (χ1) is 4.68. The van der Waals surface area contributed by atoms with Crippen molar-refractivity contribution in [2.45, 2.75) is 0 Å². The number of hydrogen-bond donors (Lipinski definition) is 3. The number of thiol groups is 1. The lowest BCUT2D eigenvalue weighted by molar-refractivity contribution is -0.131. The van der Waals surface area contributed by atoms with E-state index in [0.717, 1.165) is 18.4 Å². The lowest BCUT2D eigenvalue weighted by Crippen LogP contribution is -1.98. The van der Waals surface area contributed by atoms with Crippen LogP contribution >= 0.6 is 47.3 Å². The van der Waals surface area contributed by atoms with Crippen molar-refractivity contribution < 1.29 is 9.90 Å². The molecule has 0 atom stereocenters. The summed E-state index contributed by atoms with van der Waals surface area (Å²) >= 11 is 3.84. The van der Waals surface area contributed by atoms with Gasteiger partial charge in [0.15, 0.2) is 0 Å². The minimum atomic E-state index is -0.981. The Labute approximate surface area is 93.8 Å². The van der Waals surface area contributed by atoms with Crippen molar-refractivity contribution >= 4 is 53.2 Å². The molecule has 7 heteroatoms. The van der Waals surface area contributed by atoms with Gasteiger partial charge in [0.05, 0.1) is 0 Å². The van der Waals surface area contributed by atoms with Crippen LogP contribution in [0.15, 0.2) is 12.7 Å². The van der Waals surface area contributed by atoms with E-state index in [9.17, 15) is 4.79 Å². The Morgan fingerprint density at radius 3 is 2.00 bits per heavy atom. The molecule has 0 radical (unpaired) electrons. The van der Waals surface area contributed by atoms with Crippen molar-refractivity contribution in [2.24, 2.45) is 5.73 Å². The number of carbonyl (C=O) groups is 1. The lowest BCUT2D eigenvalue weighted by atomic mass is 10.7. The summed E-state index contributed by atoms with van der Waals surface area (Å²) in [5.41, 5.74) is 5.07. The fourth-order valence-electron chi connectivity index (χ4n) is 0.0527. The van der Waals surface area contributed by atoms with Crippen LogP contribution in [-0.4, -0.2) is 23.4 Å². The second-order valence-corrected chi connectivity index (χ2v) is 2.61. The predicted molar refractivity (Wildman–Crippen MR) is 62.8 cm³/mol. The van der Waals surface area contributed by atoms with E-state index < -0.39 is 5.97 Å². The molecule has 0 spiro atoms. The Bertz CT molecular complexity index is 103. The van der Waals surface area contributed by atoms with Crippen LogP contribution in [0.3, 0.4) is 0 Å². The Morgan fingerprint density at radius 2 is 2.00 bits per heavy atom. The highest BCUT2D eigenvalue weighted by Crippen LogP contribution is 1.99. The van der Waals surface area contributed by atoms with Crippen LogP contribution in [0, 0.1) is 0 Å². The zero-order valence-electron chi connectivity index (χ0n) is 6.30. The van der Waals surface area contributed by atoms with Gasteiger partial charge >= 0.3 is 5.97 Å². The number of hydrogen-bond acceptors (Lipinski definition) is 4. The van der Waals surface area contributed by atoms with Gasteiger partial charge in [-0.1, -0.05) is 17.4 Å². The first kappa shape index (κ1) is 22.9. The fraction of sp³-hybridized carbons (Fsp3) is 0.400. The maximum Gasteiger partial charge on any atom is 0.327 e. The summed E-state index contributed by atoms with van der Waals surface area (Å²) in [6.07, 6.45) is 0.833. The highest BCUT2D eigenvalue weighted by atomic mass is 35.5. The van der Waals surface area contributed by atoms with E-state index in [2.05, 4.69) is 18.2 Å². The molecular weight excluding hydrogens is 241 g/mol. The van der Waals surface area contributed by atoms with Crippen LogP contribution in [0.4, 0.5) is 0 Å². The Balaban J connectivity index is -0.0000000457. The lowest BCUT2D eigenvalue weighted by Gasteiger charge is -1.79. The minimum Gasteiger partial charge on any atom is -0.478 e. The van der Waals surface area contributed by atoms with E-state index in [4.69, 9.17) is 10.8 Å². The van der Waals surface area contributed by atoms with E-state index in [1.165, 1.54) is 10.8 Å². The van der Waals surface area contributed by atoms with Crippen molar-refractivity contribution in [1.29, 1.82) is 0 Å². The molecule has 0 aromatic rings. The minimum absolute atomic E-state index is 0. The zero-order valence-corrected chi connectivity index (χ0v) is 9.65. The normalized spacial score (nSPS) is 6.17. The largest absolute Gasteiger partial charge is 0.478 e. The number of nitrogens with two attached hydrogens (primary N) is 1. The molecule has 0 rings (SSSR count). The number of carboxylic acids is 1. The summed E-state index contributed by atoms with van der Waals surface area (Å²) in [6, 6.07) is 0. The van der Waals surface area contributed by atoms with Gasteiger partial charge in [-0.3, -0.25) is 0 Å². The summed E-state index contributed by atoms with van der Waals surface area (Å²) in [5, 5.41) is 7.60. The molecule has 0 bridgehead atoms. The van der Waals surface area contributed by atoms with Gasteiger partial charge in [0, 0.05) is 18.4 Å². The predicted octanol–water partition coefficient (Wildman–Crippen LogP) is 1.62. The maximum absolute atomic E-state index is 9.25. The Hall–Kier alpha value is 0.450. The Kier molecular flexibility index (Phi) is 42.9. The standard InChI is InChI=1S/C3H4O2.C2H7NS2.2ClH/c1-2-3(4)5;3-1-2-5-4;;/h2H,1H2,(H,4,5);4H,1-3H2;2*1H. The molecule has 0 amide bonds. The third-order valence-corrected chi connectivity index (χ3v) is 1.35. The smallest absolute Gasteiger partial charge is 0.327 e. The second-order valence-electron chi connectivity index (χ2n) is 1.16. The van der Waals surface area contributed by atoms with Crippen LogP contribution in [0.5, 0.6) is 0 Å². The van der Waals surface area contributed by atoms with E-state index in [1.807, 2.05) is 0 Å². The molecule has 3 N–H and O–H groups in total. The first-order valence-electron chi connectivity index (χ1n) is 2.50. The third kappa shape index (κ3) is 47.1. The van der Waals surface area contributed by atoms with E-state index in [-0.39, 0.29) is 24.8 Å². The summed E-state index contributed by atoms with van der Waals surface area (Å²) in [7, 11) is 1.47. The van der Waals surface area contributed by atoms with Crippen molar-refractivity contribution in [3.8, 4) is 0 Å².